The predicted octanol–water partition coefficient (Wildman–Crippen LogP) is 11.7. The average molecular weight is 1070 g/mol. The smallest absolute Gasteiger partial charge is 0.474 e. The monoisotopic (exact) mass is 1070 g/mol. The molecule has 0 atom stereocenters. The van der Waals surface area contributed by atoms with Gasteiger partial charge in [-0.05, 0) is 60.7 Å². The molecule has 0 amide bonds. The van der Waals surface area contributed by atoms with Gasteiger partial charge in [-0.15, -0.1) is 12.1 Å². The van der Waals surface area contributed by atoms with Gasteiger partial charge < -0.3 is 21.7 Å². The van der Waals surface area contributed by atoms with Gasteiger partial charge in [0, 0.05) is 21.5 Å². The Kier molecular flexibility index (Phi) is 15.6. The van der Waals surface area contributed by atoms with Gasteiger partial charge in [0.2, 0.25) is 0 Å². The van der Waals surface area contributed by atoms with E-state index in [0.29, 0.717) is 11.1 Å². The largest absolute Gasteiger partial charge is 1.00 e. The summed E-state index contributed by atoms with van der Waals surface area (Å²) in [6.07, 6.45) is 14.4. The summed E-state index contributed by atoms with van der Waals surface area (Å²) in [6, 6.07) is 71.7. The van der Waals surface area contributed by atoms with Gasteiger partial charge in [0.15, 0.2) is 5.90 Å². The number of fused-ring (bicyclic) bond motifs is 6. The van der Waals surface area contributed by atoms with Crippen molar-refractivity contribution in [3.63, 3.8) is 0 Å². The Bertz CT molecular complexity index is 2690. The van der Waals surface area contributed by atoms with E-state index in [1.165, 1.54) is 27.1 Å². The van der Waals surface area contributed by atoms with Crippen LogP contribution in [0.1, 0.15) is 11.1 Å². The third kappa shape index (κ3) is 10.00. The number of benzene rings is 8. The first kappa shape index (κ1) is 43.4. The molecule has 0 aliphatic carbocycles. The predicted molar refractivity (Wildman–Crippen MR) is 246 cm³/mol. The molecule has 0 bridgehead atoms. The van der Waals surface area contributed by atoms with Gasteiger partial charge in [0.05, 0.1) is 11.2 Å². The maximum atomic E-state index is 7.19. The van der Waals surface area contributed by atoms with Crippen molar-refractivity contribution in [2.75, 3.05) is 5.90 Å². The molecule has 0 spiro atoms. The zero-order chi connectivity index (χ0) is 38.8. The minimum atomic E-state index is -0.847. The van der Waals surface area contributed by atoms with Crippen LogP contribution in [0.4, 0.5) is 0 Å². The Hall–Kier alpha value is -5.18. The van der Waals surface area contributed by atoms with E-state index in [1.807, 2.05) is 84.9 Å². The molecule has 6 heteroatoms. The molecule has 0 aliphatic rings. The second kappa shape index (κ2) is 21.2. The molecule has 2 aromatic heterocycles. The van der Waals surface area contributed by atoms with Crippen molar-refractivity contribution in [1.29, 1.82) is 0 Å². The molecule has 10 rings (SSSR count). The SMILES string of the molecule is [Ag+].[Au+].[C-]#Cc1cccc2c1oc1ccccc12.[C-]#Cc1cccc2c1oc1ccccc12.c1ccc([PH+](C[PH+](c2ccccc2)c2ccccc2)c2ccccc2)cc1. The molecule has 8 aromatic carbocycles. The van der Waals surface area contributed by atoms with Gasteiger partial charge in [-0.2, -0.15) is 0 Å². The van der Waals surface area contributed by atoms with E-state index in [2.05, 4.69) is 133 Å². The van der Waals surface area contributed by atoms with Crippen LogP contribution in [-0.4, -0.2) is 5.90 Å². The summed E-state index contributed by atoms with van der Waals surface area (Å²) in [5, 5.41) is 10.3. The molecule has 0 N–H and O–H groups in total. The van der Waals surface area contributed by atoms with Gasteiger partial charge >= 0.3 is 44.8 Å². The summed E-state index contributed by atoms with van der Waals surface area (Å²) < 4.78 is 11.4. The van der Waals surface area contributed by atoms with Crippen LogP contribution in [0, 0.1) is 24.7 Å². The Balaban J connectivity index is 0.000000156. The van der Waals surface area contributed by atoms with Crippen LogP contribution in [0.15, 0.2) is 215 Å². The molecular weight excluding hydrogens is 1040 g/mol. The fourth-order valence-electron chi connectivity index (χ4n) is 7.17. The topological polar surface area (TPSA) is 26.3 Å². The van der Waals surface area contributed by atoms with Crippen molar-refractivity contribution < 1.29 is 53.6 Å². The number of hydrogen-bond acceptors (Lipinski definition) is 2. The molecule has 0 radical (unpaired) electrons. The van der Waals surface area contributed by atoms with Crippen molar-refractivity contribution in [3.8, 4) is 11.8 Å². The van der Waals surface area contributed by atoms with Gasteiger partial charge in [-0.1, -0.05) is 145 Å². The minimum absolute atomic E-state index is 0. The zero-order valence-electron chi connectivity index (χ0n) is 31.8. The van der Waals surface area contributed by atoms with Gasteiger partial charge in [-0.25, -0.2) is 0 Å². The van der Waals surface area contributed by atoms with E-state index in [1.54, 1.807) is 0 Å². The van der Waals surface area contributed by atoms with E-state index in [4.69, 9.17) is 21.7 Å². The molecule has 0 aliphatic heterocycles. The first-order chi connectivity index (χ1) is 28.2. The zero-order valence-corrected chi connectivity index (χ0v) is 37.4. The van der Waals surface area contributed by atoms with Crippen molar-refractivity contribution in [3.05, 3.63) is 230 Å². The molecular formula is C53H38AgAuO2P2+2. The third-order valence-corrected chi connectivity index (χ3v) is 16.9. The molecule has 0 saturated carbocycles. The maximum absolute atomic E-state index is 7.19. The van der Waals surface area contributed by atoms with E-state index in [-0.39, 0.29) is 44.8 Å². The minimum Gasteiger partial charge on any atom is -0.474 e. The van der Waals surface area contributed by atoms with Crippen molar-refractivity contribution >= 4 is 80.9 Å². The Morgan fingerprint density at radius 3 is 0.966 bits per heavy atom. The number of hydrogen-bond donors (Lipinski definition) is 0. The first-order valence-corrected chi connectivity index (χ1v) is 22.2. The molecule has 0 saturated heterocycles. The summed E-state index contributed by atoms with van der Waals surface area (Å²) in [4.78, 5) is 0. The van der Waals surface area contributed by atoms with Crippen LogP contribution in [0.3, 0.4) is 0 Å². The first-order valence-electron chi connectivity index (χ1n) is 18.8. The number of para-hydroxylation sites is 4. The molecule has 10 aromatic rings. The second-order valence-electron chi connectivity index (χ2n) is 13.4. The summed E-state index contributed by atoms with van der Waals surface area (Å²) in [6.45, 7) is 0. The fraction of sp³-hybridized carbons (Fsp3) is 0.0189. The molecule has 292 valence electrons. The van der Waals surface area contributed by atoms with Crippen molar-refractivity contribution in [2.45, 2.75) is 0 Å². The molecule has 0 fully saturated rings. The second-order valence-corrected chi connectivity index (χ2v) is 19.0. The quantitative estimate of drug-likeness (QED) is 0.0718. The molecule has 2 nitrogen and oxygen atoms in total. The van der Waals surface area contributed by atoms with Gasteiger partial charge in [-0.3, -0.25) is 11.8 Å². The van der Waals surface area contributed by atoms with Crippen LogP contribution < -0.4 is 21.2 Å². The van der Waals surface area contributed by atoms with Gasteiger partial charge in [0.1, 0.15) is 48.2 Å². The molecule has 59 heavy (non-hydrogen) atoms. The summed E-state index contributed by atoms with van der Waals surface area (Å²) >= 11 is 0. The van der Waals surface area contributed by atoms with Crippen LogP contribution in [-0.2, 0) is 44.8 Å². The summed E-state index contributed by atoms with van der Waals surface area (Å²) in [5.41, 5.74) is 4.60. The van der Waals surface area contributed by atoms with E-state index in [0.717, 1.165) is 43.9 Å². The van der Waals surface area contributed by atoms with Crippen LogP contribution >= 0.6 is 15.8 Å². The van der Waals surface area contributed by atoms with E-state index < -0.39 is 15.8 Å². The third-order valence-electron chi connectivity index (χ3n) is 9.92. The summed E-state index contributed by atoms with van der Waals surface area (Å²) in [5.74, 6) is 6.02. The summed E-state index contributed by atoms with van der Waals surface area (Å²) in [7, 11) is -1.69. The van der Waals surface area contributed by atoms with E-state index >= 15 is 0 Å². The normalized spacial score (nSPS) is 10.4. The Labute approximate surface area is 379 Å². The van der Waals surface area contributed by atoms with E-state index in [9.17, 15) is 0 Å². The molecule has 2 heterocycles. The Morgan fingerprint density at radius 1 is 0.356 bits per heavy atom. The standard InChI is InChI=1S/C25H22P2.2C14H7O.Ag.Au/c1-5-13-22(14-6-1)26(23-15-7-2-8-16-23)21-27(24-17-9-3-10-18-24)25-19-11-4-12-20-25;2*1-2-10-6-5-8-12-11-7-3-4-9-13(11)15-14(10)12;;/h1-20H,21H2;2*3-9H;;/q;2*-1;2*+1/p+2. The van der Waals surface area contributed by atoms with Crippen molar-refractivity contribution in [2.24, 2.45) is 0 Å². The van der Waals surface area contributed by atoms with Crippen LogP contribution in [0.25, 0.3) is 43.9 Å². The van der Waals surface area contributed by atoms with Crippen LogP contribution in [0.5, 0.6) is 0 Å². The Morgan fingerprint density at radius 2 is 0.644 bits per heavy atom. The number of rotatable bonds is 6. The maximum Gasteiger partial charge on any atom is 1.00 e. The van der Waals surface area contributed by atoms with Gasteiger partial charge in [0.25, 0.3) is 0 Å². The molecule has 0 unspecified atom stereocenters. The fourth-order valence-corrected chi connectivity index (χ4v) is 14.9. The van der Waals surface area contributed by atoms with Crippen molar-refractivity contribution in [1.82, 2.24) is 0 Å². The number of furan rings is 2. The van der Waals surface area contributed by atoms with Crippen LogP contribution in [0.2, 0.25) is 0 Å². The average Bonchev–Trinajstić information content (AvgIpc) is 3.87.